The molecule has 4 bridgehead atoms. The average Bonchev–Trinajstić information content (AvgIpc) is 2.50. The molecule has 4 aliphatic rings. The van der Waals surface area contributed by atoms with Gasteiger partial charge < -0.3 is 4.74 Å². The maximum Gasteiger partial charge on any atom is 0.306 e. The summed E-state index contributed by atoms with van der Waals surface area (Å²) in [5.41, 5.74) is 0.694. The van der Waals surface area contributed by atoms with Crippen molar-refractivity contribution < 1.29 is 14.3 Å². The van der Waals surface area contributed by atoms with E-state index in [2.05, 4.69) is 15.9 Å². The maximum absolute atomic E-state index is 12.4. The van der Waals surface area contributed by atoms with E-state index in [1.54, 1.807) is 12.1 Å². The molecule has 2 atom stereocenters. The second-order valence-electron chi connectivity index (χ2n) is 8.24. The second kappa shape index (κ2) is 5.98. The van der Waals surface area contributed by atoms with E-state index in [0.717, 1.165) is 31.1 Å². The van der Waals surface area contributed by atoms with Crippen LogP contribution in [0.3, 0.4) is 0 Å². The summed E-state index contributed by atoms with van der Waals surface area (Å²) in [6.07, 6.45) is 7.69. The molecule has 0 aliphatic heterocycles. The van der Waals surface area contributed by atoms with Crippen molar-refractivity contribution in [3.8, 4) is 0 Å². The molecule has 0 amide bonds. The molecule has 4 saturated carbocycles. The van der Waals surface area contributed by atoms with Crippen molar-refractivity contribution in [3.05, 3.63) is 35.9 Å². The second-order valence-corrected chi connectivity index (χ2v) is 9.92. The van der Waals surface area contributed by atoms with Gasteiger partial charge in [-0.05, 0) is 55.8 Å². The number of carbonyl (C=O) groups excluding carboxylic acids is 2. The first-order valence-corrected chi connectivity index (χ1v) is 9.68. The summed E-state index contributed by atoms with van der Waals surface area (Å²) < 4.78 is 5.57. The molecular weight excluding hydrogens is 368 g/mol. The van der Waals surface area contributed by atoms with Crippen LogP contribution < -0.4 is 0 Å². The van der Waals surface area contributed by atoms with Crippen molar-refractivity contribution in [1.82, 2.24) is 0 Å². The van der Waals surface area contributed by atoms with Crippen LogP contribution >= 0.6 is 15.9 Å². The van der Waals surface area contributed by atoms with Crippen molar-refractivity contribution in [2.45, 2.75) is 49.3 Å². The predicted octanol–water partition coefficient (Wildman–Crippen LogP) is 4.54. The minimum atomic E-state index is -0.211. The van der Waals surface area contributed by atoms with Crippen LogP contribution in [-0.4, -0.2) is 22.7 Å². The molecule has 3 nitrogen and oxygen atoms in total. The lowest BCUT2D eigenvalue weighted by Gasteiger charge is -2.60. The van der Waals surface area contributed by atoms with Gasteiger partial charge in [0.15, 0.2) is 12.4 Å². The van der Waals surface area contributed by atoms with Gasteiger partial charge in [-0.1, -0.05) is 46.3 Å². The van der Waals surface area contributed by atoms with Crippen LogP contribution in [-0.2, 0) is 9.53 Å². The molecular formula is C20H23BrO3. The van der Waals surface area contributed by atoms with Crippen LogP contribution in [0.15, 0.2) is 30.3 Å². The summed E-state index contributed by atoms with van der Waals surface area (Å²) in [6.45, 7) is -0.148. The molecule has 128 valence electrons. The van der Waals surface area contributed by atoms with Crippen LogP contribution in [0.4, 0.5) is 0 Å². The number of ketones is 1. The lowest BCUT2D eigenvalue weighted by molar-refractivity contribution is -0.149. The summed E-state index contributed by atoms with van der Waals surface area (Å²) in [4.78, 5) is 24.5. The quantitative estimate of drug-likeness (QED) is 0.421. The van der Waals surface area contributed by atoms with Crippen molar-refractivity contribution in [2.75, 3.05) is 6.61 Å². The van der Waals surface area contributed by atoms with Crippen molar-refractivity contribution in [1.29, 1.82) is 0 Å². The maximum atomic E-state index is 12.4. The molecule has 0 heterocycles. The first-order chi connectivity index (χ1) is 11.5. The minimum Gasteiger partial charge on any atom is -0.457 e. The number of rotatable bonds is 5. The molecule has 1 aromatic carbocycles. The van der Waals surface area contributed by atoms with Crippen molar-refractivity contribution in [2.24, 2.45) is 17.3 Å². The fourth-order valence-corrected chi connectivity index (χ4v) is 7.26. The number of esters is 1. The van der Waals surface area contributed by atoms with Gasteiger partial charge in [0.05, 0.1) is 6.42 Å². The molecule has 1 aromatic rings. The number of alkyl halides is 1. The molecule has 0 N–H and O–H groups in total. The van der Waals surface area contributed by atoms with Crippen LogP contribution in [0.25, 0.3) is 0 Å². The Morgan fingerprint density at radius 3 is 2.38 bits per heavy atom. The van der Waals surface area contributed by atoms with Crippen LogP contribution in [0, 0.1) is 17.3 Å². The van der Waals surface area contributed by atoms with E-state index in [9.17, 15) is 9.59 Å². The summed E-state index contributed by atoms with van der Waals surface area (Å²) in [5, 5.41) is 0. The normalized spacial score (nSPS) is 36.5. The molecule has 4 aliphatic carbocycles. The van der Waals surface area contributed by atoms with E-state index in [1.807, 2.05) is 18.2 Å². The number of benzene rings is 1. The zero-order valence-corrected chi connectivity index (χ0v) is 15.4. The first kappa shape index (κ1) is 16.3. The Labute approximate surface area is 151 Å². The van der Waals surface area contributed by atoms with Gasteiger partial charge in [0, 0.05) is 9.89 Å². The molecule has 5 rings (SSSR count). The molecule has 0 unspecified atom stereocenters. The molecule has 0 spiro atoms. The summed E-state index contributed by atoms with van der Waals surface area (Å²) in [5.74, 6) is 1.16. The van der Waals surface area contributed by atoms with Crippen molar-refractivity contribution in [3.63, 3.8) is 0 Å². The molecule has 0 saturated heterocycles. The highest BCUT2D eigenvalue weighted by Gasteiger charge is 2.57. The molecule has 0 radical (unpaired) electrons. The highest BCUT2D eigenvalue weighted by atomic mass is 79.9. The van der Waals surface area contributed by atoms with E-state index < -0.39 is 0 Å². The van der Waals surface area contributed by atoms with E-state index >= 15 is 0 Å². The van der Waals surface area contributed by atoms with Crippen molar-refractivity contribution >= 4 is 27.7 Å². The first-order valence-electron chi connectivity index (χ1n) is 8.88. The number of halogens is 1. The van der Waals surface area contributed by atoms with Gasteiger partial charge in [0.1, 0.15) is 0 Å². The third kappa shape index (κ3) is 3.17. The summed E-state index contributed by atoms with van der Waals surface area (Å²) >= 11 is 3.97. The van der Waals surface area contributed by atoms with E-state index in [1.165, 1.54) is 19.3 Å². The van der Waals surface area contributed by atoms with E-state index in [-0.39, 0.29) is 28.1 Å². The van der Waals surface area contributed by atoms with Crippen LogP contribution in [0.2, 0.25) is 0 Å². The predicted molar refractivity (Wildman–Crippen MR) is 95.1 cm³/mol. The Bertz CT molecular complexity index is 640. The third-order valence-electron chi connectivity index (χ3n) is 6.09. The Kier molecular flexibility index (Phi) is 4.06. The highest BCUT2D eigenvalue weighted by Crippen LogP contribution is 2.65. The number of Topliss-reactive ketones (excluding diaryl/α,β-unsaturated/α-hetero) is 1. The Hall–Kier alpha value is -1.16. The number of hydrogen-bond acceptors (Lipinski definition) is 3. The largest absolute Gasteiger partial charge is 0.457 e. The minimum absolute atomic E-state index is 0.0977. The SMILES string of the molecule is O=C(CC12C[C@H]3C[C@@H](CC(Br)(C3)C1)C2)OCC(=O)c1ccccc1. The summed E-state index contributed by atoms with van der Waals surface area (Å²) in [6, 6.07) is 9.01. The topological polar surface area (TPSA) is 43.4 Å². The fourth-order valence-electron chi connectivity index (χ4n) is 5.75. The average molecular weight is 391 g/mol. The number of carbonyl (C=O) groups is 2. The van der Waals surface area contributed by atoms with Gasteiger partial charge in [-0.15, -0.1) is 0 Å². The van der Waals surface area contributed by atoms with Gasteiger partial charge in [-0.25, -0.2) is 0 Å². The summed E-state index contributed by atoms with van der Waals surface area (Å²) in [7, 11) is 0. The van der Waals surface area contributed by atoms with Gasteiger partial charge in [-0.3, -0.25) is 9.59 Å². The number of hydrogen-bond donors (Lipinski definition) is 0. The zero-order valence-electron chi connectivity index (χ0n) is 13.8. The molecule has 4 heteroatoms. The Morgan fingerprint density at radius 2 is 1.75 bits per heavy atom. The Morgan fingerprint density at radius 1 is 1.08 bits per heavy atom. The Balaban J connectivity index is 1.36. The monoisotopic (exact) mass is 390 g/mol. The molecule has 24 heavy (non-hydrogen) atoms. The van der Waals surface area contributed by atoms with Gasteiger partial charge in [-0.2, -0.15) is 0 Å². The number of ether oxygens (including phenoxy) is 1. The molecule has 0 aromatic heterocycles. The lowest BCUT2D eigenvalue weighted by atomic mass is 9.49. The van der Waals surface area contributed by atoms with E-state index in [4.69, 9.17) is 4.74 Å². The van der Waals surface area contributed by atoms with Gasteiger partial charge >= 0.3 is 5.97 Å². The molecule has 4 fully saturated rings. The fraction of sp³-hybridized carbons (Fsp3) is 0.600. The smallest absolute Gasteiger partial charge is 0.306 e. The highest BCUT2D eigenvalue weighted by molar-refractivity contribution is 9.10. The van der Waals surface area contributed by atoms with Crippen LogP contribution in [0.1, 0.15) is 55.3 Å². The third-order valence-corrected chi connectivity index (χ3v) is 7.02. The van der Waals surface area contributed by atoms with Gasteiger partial charge in [0.2, 0.25) is 0 Å². The van der Waals surface area contributed by atoms with E-state index in [0.29, 0.717) is 12.0 Å². The van der Waals surface area contributed by atoms with Crippen LogP contribution in [0.5, 0.6) is 0 Å². The zero-order chi connectivity index (χ0) is 16.8. The standard InChI is InChI=1S/C20H23BrO3/c21-20-9-14-6-15(10-20)8-19(7-14,13-20)11-18(23)24-12-17(22)16-4-2-1-3-5-16/h1-5,14-15H,6-13H2/t14-,15-,19?,20?/m1/s1. The van der Waals surface area contributed by atoms with Gasteiger partial charge in [0.25, 0.3) is 0 Å². The lowest BCUT2D eigenvalue weighted by Crippen LogP contribution is -2.53.